The van der Waals surface area contributed by atoms with Gasteiger partial charge in [0.15, 0.2) is 0 Å². The average molecular weight is 342 g/mol. The van der Waals surface area contributed by atoms with Gasteiger partial charge in [0.1, 0.15) is 11.3 Å². The molecule has 3 rings (SSSR count). The molecule has 25 heavy (non-hydrogen) atoms. The quantitative estimate of drug-likeness (QED) is 0.925. The molecule has 0 atom stereocenters. The van der Waals surface area contributed by atoms with E-state index in [-0.39, 0.29) is 11.9 Å². The largest absolute Gasteiger partial charge is 0.384 e. The van der Waals surface area contributed by atoms with Gasteiger partial charge in [0.05, 0.1) is 18.7 Å². The number of nitrogens with zero attached hydrogens (tertiary/aromatic N) is 4. The van der Waals surface area contributed by atoms with Crippen molar-refractivity contribution in [2.75, 3.05) is 13.1 Å². The molecule has 1 amide bonds. The van der Waals surface area contributed by atoms with Crippen molar-refractivity contribution < 1.29 is 9.90 Å². The molecule has 1 aliphatic rings. The second-order valence-electron chi connectivity index (χ2n) is 7.42. The van der Waals surface area contributed by atoms with Crippen LogP contribution in [-0.4, -0.2) is 44.0 Å². The number of rotatable bonds is 4. The number of likely N-dealkylation sites (tertiary alicyclic amines) is 1. The van der Waals surface area contributed by atoms with Gasteiger partial charge < -0.3 is 10.0 Å². The fraction of sp³-hybridized carbons (Fsp3) is 0.526. The maximum atomic E-state index is 12.5. The number of hydrogen-bond donors (Lipinski definition) is 1. The highest BCUT2D eigenvalue weighted by Crippen LogP contribution is 2.24. The Morgan fingerprint density at radius 3 is 2.64 bits per heavy atom. The molecule has 0 bridgehead atoms. The summed E-state index contributed by atoms with van der Waals surface area (Å²) in [6, 6.07) is 8.34. The molecule has 2 aromatic rings. The van der Waals surface area contributed by atoms with Crippen LogP contribution < -0.4 is 0 Å². The lowest BCUT2D eigenvalue weighted by molar-refractivity contribution is -0.131. The van der Waals surface area contributed by atoms with Crippen LogP contribution in [0.4, 0.5) is 0 Å². The van der Waals surface area contributed by atoms with Crippen LogP contribution in [-0.2, 0) is 16.8 Å². The molecule has 6 nitrogen and oxygen atoms in total. The predicted octanol–water partition coefficient (Wildman–Crippen LogP) is 2.22. The number of piperidine rings is 1. The fourth-order valence-corrected chi connectivity index (χ4v) is 3.22. The molecule has 1 N–H and O–H groups in total. The van der Waals surface area contributed by atoms with Gasteiger partial charge in [-0.1, -0.05) is 35.0 Å². The number of aryl methyl sites for hydroxylation is 1. The molecular weight excluding hydrogens is 316 g/mol. The van der Waals surface area contributed by atoms with Crippen molar-refractivity contribution in [1.29, 1.82) is 0 Å². The van der Waals surface area contributed by atoms with Gasteiger partial charge >= 0.3 is 0 Å². The minimum Gasteiger partial charge on any atom is -0.384 e. The predicted molar refractivity (Wildman–Crippen MR) is 95.0 cm³/mol. The summed E-state index contributed by atoms with van der Waals surface area (Å²) in [5, 5.41) is 18.2. The standard InChI is InChI=1S/C19H26N4O2/c1-14-5-4-6-15(11-14)12-18(24)22-9-7-16(8-10-22)23-13-17(20-21-23)19(2,3)25/h4-6,11,13,16,25H,7-10,12H2,1-3H3. The van der Waals surface area contributed by atoms with Crippen LogP contribution in [0, 0.1) is 6.92 Å². The van der Waals surface area contributed by atoms with Crippen LogP contribution in [0.3, 0.4) is 0 Å². The summed E-state index contributed by atoms with van der Waals surface area (Å²) in [5.41, 5.74) is 1.84. The van der Waals surface area contributed by atoms with Gasteiger partial charge in [-0.2, -0.15) is 0 Å². The zero-order valence-corrected chi connectivity index (χ0v) is 15.1. The van der Waals surface area contributed by atoms with Crippen molar-refractivity contribution in [3.05, 3.63) is 47.3 Å². The minimum absolute atomic E-state index is 0.180. The maximum absolute atomic E-state index is 12.5. The maximum Gasteiger partial charge on any atom is 0.226 e. The monoisotopic (exact) mass is 342 g/mol. The van der Waals surface area contributed by atoms with Crippen molar-refractivity contribution in [2.24, 2.45) is 0 Å². The number of aromatic nitrogens is 3. The van der Waals surface area contributed by atoms with E-state index in [2.05, 4.69) is 16.4 Å². The smallest absolute Gasteiger partial charge is 0.226 e. The molecule has 134 valence electrons. The highest BCUT2D eigenvalue weighted by atomic mass is 16.3. The minimum atomic E-state index is -0.983. The van der Waals surface area contributed by atoms with Crippen LogP contribution in [0.2, 0.25) is 0 Å². The molecule has 0 unspecified atom stereocenters. The summed E-state index contributed by atoms with van der Waals surface area (Å²) in [6.45, 7) is 6.90. The summed E-state index contributed by atoms with van der Waals surface area (Å²) in [5.74, 6) is 0.180. The summed E-state index contributed by atoms with van der Waals surface area (Å²) in [4.78, 5) is 14.5. The molecule has 0 aliphatic carbocycles. The summed E-state index contributed by atoms with van der Waals surface area (Å²) in [7, 11) is 0. The Morgan fingerprint density at radius 1 is 1.32 bits per heavy atom. The van der Waals surface area contributed by atoms with E-state index in [0.29, 0.717) is 12.1 Å². The van der Waals surface area contributed by atoms with E-state index in [0.717, 1.165) is 31.5 Å². The third-order valence-electron chi connectivity index (χ3n) is 4.77. The molecule has 2 heterocycles. The first-order valence-corrected chi connectivity index (χ1v) is 8.81. The fourth-order valence-electron chi connectivity index (χ4n) is 3.22. The Balaban J connectivity index is 1.56. The lowest BCUT2D eigenvalue weighted by Gasteiger charge is -2.32. The molecule has 1 aliphatic heterocycles. The van der Waals surface area contributed by atoms with Crippen LogP contribution in [0.15, 0.2) is 30.5 Å². The number of carbonyl (C=O) groups excluding carboxylic acids is 1. The van der Waals surface area contributed by atoms with E-state index in [9.17, 15) is 9.90 Å². The van der Waals surface area contributed by atoms with Crippen molar-refractivity contribution in [3.8, 4) is 0 Å². The van der Waals surface area contributed by atoms with Gasteiger partial charge in [-0.3, -0.25) is 4.79 Å². The van der Waals surface area contributed by atoms with Crippen molar-refractivity contribution in [3.63, 3.8) is 0 Å². The molecule has 1 aromatic carbocycles. The first-order chi connectivity index (χ1) is 11.8. The Kier molecular flexibility index (Phi) is 4.90. The van der Waals surface area contributed by atoms with E-state index < -0.39 is 5.60 Å². The highest BCUT2D eigenvalue weighted by molar-refractivity contribution is 5.78. The van der Waals surface area contributed by atoms with Gasteiger partial charge in [-0.05, 0) is 39.2 Å². The van der Waals surface area contributed by atoms with E-state index >= 15 is 0 Å². The van der Waals surface area contributed by atoms with Gasteiger partial charge in [0.2, 0.25) is 5.91 Å². The third kappa shape index (κ3) is 4.25. The molecular formula is C19H26N4O2. The van der Waals surface area contributed by atoms with Gasteiger partial charge in [-0.25, -0.2) is 4.68 Å². The highest BCUT2D eigenvalue weighted by Gasteiger charge is 2.26. The Hall–Kier alpha value is -2.21. The molecule has 0 saturated carbocycles. The van der Waals surface area contributed by atoms with E-state index in [4.69, 9.17) is 0 Å². The number of aliphatic hydroxyl groups is 1. The van der Waals surface area contributed by atoms with Gasteiger partial charge in [0.25, 0.3) is 0 Å². The first-order valence-electron chi connectivity index (χ1n) is 8.81. The van der Waals surface area contributed by atoms with Crippen LogP contribution in [0.5, 0.6) is 0 Å². The summed E-state index contributed by atoms with van der Waals surface area (Å²) >= 11 is 0. The molecule has 1 saturated heterocycles. The number of hydrogen-bond acceptors (Lipinski definition) is 4. The number of amides is 1. The van der Waals surface area contributed by atoms with Crippen molar-refractivity contribution >= 4 is 5.91 Å². The van der Waals surface area contributed by atoms with Crippen LogP contribution in [0.1, 0.15) is 49.6 Å². The van der Waals surface area contributed by atoms with Crippen LogP contribution in [0.25, 0.3) is 0 Å². The second-order valence-corrected chi connectivity index (χ2v) is 7.42. The Morgan fingerprint density at radius 2 is 2.04 bits per heavy atom. The summed E-state index contributed by atoms with van der Waals surface area (Å²) in [6.07, 6.45) is 3.98. The SMILES string of the molecule is Cc1cccc(CC(=O)N2CCC(n3cc(C(C)(C)O)nn3)CC2)c1. The van der Waals surface area contributed by atoms with Crippen molar-refractivity contribution in [2.45, 2.75) is 51.7 Å². The lowest BCUT2D eigenvalue weighted by atomic mass is 10.0. The summed E-state index contributed by atoms with van der Waals surface area (Å²) < 4.78 is 1.83. The Labute approximate surface area is 148 Å². The molecule has 0 radical (unpaired) electrons. The molecule has 1 aromatic heterocycles. The van der Waals surface area contributed by atoms with Crippen LogP contribution >= 0.6 is 0 Å². The van der Waals surface area contributed by atoms with Gasteiger partial charge in [0, 0.05) is 13.1 Å². The first kappa shape index (κ1) is 17.6. The topological polar surface area (TPSA) is 71.2 Å². The normalized spacial score (nSPS) is 16.2. The zero-order valence-electron chi connectivity index (χ0n) is 15.1. The Bertz CT molecular complexity index is 740. The zero-order chi connectivity index (χ0) is 18.0. The van der Waals surface area contributed by atoms with E-state index in [1.807, 2.05) is 40.9 Å². The molecule has 6 heteroatoms. The number of benzene rings is 1. The second kappa shape index (κ2) is 6.96. The lowest BCUT2D eigenvalue weighted by Crippen LogP contribution is -2.40. The molecule has 1 fully saturated rings. The number of carbonyl (C=O) groups is 1. The van der Waals surface area contributed by atoms with Gasteiger partial charge in [-0.15, -0.1) is 5.10 Å². The van der Waals surface area contributed by atoms with E-state index in [1.165, 1.54) is 5.56 Å². The van der Waals surface area contributed by atoms with E-state index in [1.54, 1.807) is 13.8 Å². The third-order valence-corrected chi connectivity index (χ3v) is 4.77. The average Bonchev–Trinajstić information content (AvgIpc) is 3.05. The van der Waals surface area contributed by atoms with Crippen molar-refractivity contribution in [1.82, 2.24) is 19.9 Å². The molecule has 0 spiro atoms.